The predicted octanol–water partition coefficient (Wildman–Crippen LogP) is 1.21. The monoisotopic (exact) mass is 238 g/mol. The lowest BCUT2D eigenvalue weighted by atomic mass is 10.1. The summed E-state index contributed by atoms with van der Waals surface area (Å²) in [5.41, 5.74) is 8.20. The van der Waals surface area contributed by atoms with Gasteiger partial charge in [-0.3, -0.25) is 4.79 Å². The summed E-state index contributed by atoms with van der Waals surface area (Å²) in [7, 11) is 1.35. The van der Waals surface area contributed by atoms with Crippen molar-refractivity contribution in [1.82, 2.24) is 0 Å². The van der Waals surface area contributed by atoms with Gasteiger partial charge in [-0.25, -0.2) is 0 Å². The van der Waals surface area contributed by atoms with Gasteiger partial charge in [-0.2, -0.15) is 0 Å². The van der Waals surface area contributed by atoms with E-state index in [2.05, 4.69) is 10.1 Å². The second-order valence-corrected chi connectivity index (χ2v) is 3.76. The molecule has 4 nitrogen and oxygen atoms in total. The van der Waals surface area contributed by atoms with Crippen LogP contribution in [0.4, 0.5) is 5.69 Å². The molecular weight excluding hydrogens is 224 g/mol. The molecule has 0 atom stereocenters. The summed E-state index contributed by atoms with van der Waals surface area (Å²) in [6.45, 7) is 2.06. The van der Waals surface area contributed by atoms with E-state index in [1.165, 1.54) is 7.11 Å². The lowest BCUT2D eigenvalue weighted by molar-refractivity contribution is -0.138. The van der Waals surface area contributed by atoms with Crippen LogP contribution < -0.4 is 11.1 Å². The maximum Gasteiger partial charge on any atom is 0.325 e. The van der Waals surface area contributed by atoms with Crippen molar-refractivity contribution in [3.05, 3.63) is 29.3 Å². The molecule has 0 radical (unpaired) electrons. The van der Waals surface area contributed by atoms with Gasteiger partial charge in [-0.1, -0.05) is 12.2 Å². The Hall–Kier alpha value is -1.62. The summed E-state index contributed by atoms with van der Waals surface area (Å²) in [6.07, 6.45) is 0. The fourth-order valence-corrected chi connectivity index (χ4v) is 1.53. The van der Waals surface area contributed by atoms with Gasteiger partial charge in [0.2, 0.25) is 0 Å². The van der Waals surface area contributed by atoms with E-state index in [0.717, 1.165) is 16.8 Å². The van der Waals surface area contributed by atoms with Crippen LogP contribution in [0.2, 0.25) is 0 Å². The molecule has 1 aromatic rings. The number of benzene rings is 1. The van der Waals surface area contributed by atoms with E-state index < -0.39 is 0 Å². The Labute approximate surface area is 99.8 Å². The Morgan fingerprint density at radius 1 is 1.56 bits per heavy atom. The normalized spacial score (nSPS) is 9.62. The fourth-order valence-electron chi connectivity index (χ4n) is 1.30. The van der Waals surface area contributed by atoms with Gasteiger partial charge in [0.1, 0.15) is 11.5 Å². The largest absolute Gasteiger partial charge is 0.468 e. The molecule has 1 aromatic carbocycles. The number of aryl methyl sites for hydroxylation is 1. The molecule has 1 rings (SSSR count). The van der Waals surface area contributed by atoms with Crippen LogP contribution in [-0.4, -0.2) is 24.6 Å². The van der Waals surface area contributed by atoms with Gasteiger partial charge in [0.15, 0.2) is 0 Å². The van der Waals surface area contributed by atoms with Crippen molar-refractivity contribution >= 4 is 28.9 Å². The third-order valence-electron chi connectivity index (χ3n) is 2.16. The smallest absolute Gasteiger partial charge is 0.325 e. The van der Waals surface area contributed by atoms with Crippen LogP contribution in [0.25, 0.3) is 0 Å². The Morgan fingerprint density at radius 3 is 2.75 bits per heavy atom. The topological polar surface area (TPSA) is 64.3 Å². The molecule has 5 heteroatoms. The number of thiocarbonyl (C=S) groups is 1. The zero-order valence-electron chi connectivity index (χ0n) is 9.24. The highest BCUT2D eigenvalue weighted by atomic mass is 32.1. The molecule has 0 aromatic heterocycles. The van der Waals surface area contributed by atoms with E-state index in [0.29, 0.717) is 4.99 Å². The first kappa shape index (κ1) is 12.4. The number of methoxy groups -OCH3 is 1. The summed E-state index contributed by atoms with van der Waals surface area (Å²) in [5.74, 6) is -0.309. The van der Waals surface area contributed by atoms with Crippen molar-refractivity contribution in [2.45, 2.75) is 6.92 Å². The van der Waals surface area contributed by atoms with Gasteiger partial charge >= 0.3 is 5.97 Å². The molecule has 86 valence electrons. The molecule has 0 heterocycles. The number of hydrogen-bond acceptors (Lipinski definition) is 4. The first-order valence-corrected chi connectivity index (χ1v) is 5.16. The summed E-state index contributed by atoms with van der Waals surface area (Å²) in [4.78, 5) is 11.3. The van der Waals surface area contributed by atoms with Crippen LogP contribution in [0.1, 0.15) is 11.1 Å². The van der Waals surface area contributed by atoms with E-state index in [9.17, 15) is 4.79 Å². The number of ether oxygens (including phenoxy) is 1. The van der Waals surface area contributed by atoms with E-state index in [1.54, 1.807) is 0 Å². The van der Waals surface area contributed by atoms with Crippen LogP contribution >= 0.6 is 12.2 Å². The zero-order chi connectivity index (χ0) is 12.1. The van der Waals surface area contributed by atoms with Crippen molar-refractivity contribution in [2.24, 2.45) is 5.73 Å². The fraction of sp³-hybridized carbons (Fsp3) is 0.273. The number of nitrogens with two attached hydrogens (primary N) is 1. The molecule has 16 heavy (non-hydrogen) atoms. The minimum absolute atomic E-state index is 0.141. The van der Waals surface area contributed by atoms with Gasteiger partial charge in [0.25, 0.3) is 0 Å². The Kier molecular flexibility index (Phi) is 4.25. The van der Waals surface area contributed by atoms with Crippen LogP contribution in [-0.2, 0) is 9.53 Å². The van der Waals surface area contributed by atoms with Gasteiger partial charge in [0, 0.05) is 11.3 Å². The third kappa shape index (κ3) is 3.20. The molecule has 0 aliphatic carbocycles. The molecule has 3 N–H and O–H groups in total. The average molecular weight is 238 g/mol. The lowest BCUT2D eigenvalue weighted by Crippen LogP contribution is -2.16. The summed E-state index contributed by atoms with van der Waals surface area (Å²) >= 11 is 4.90. The first-order valence-electron chi connectivity index (χ1n) is 4.75. The Morgan fingerprint density at radius 2 is 2.25 bits per heavy atom. The van der Waals surface area contributed by atoms with Crippen LogP contribution in [0.5, 0.6) is 0 Å². The van der Waals surface area contributed by atoms with E-state index in [4.69, 9.17) is 18.0 Å². The number of rotatable bonds is 4. The number of carbonyl (C=O) groups excluding carboxylic acids is 1. The minimum atomic E-state index is -0.309. The van der Waals surface area contributed by atoms with E-state index in [1.807, 2.05) is 25.1 Å². The number of esters is 1. The van der Waals surface area contributed by atoms with Crippen LogP contribution in [0.15, 0.2) is 18.2 Å². The summed E-state index contributed by atoms with van der Waals surface area (Å²) < 4.78 is 4.52. The lowest BCUT2D eigenvalue weighted by Gasteiger charge is -2.08. The van der Waals surface area contributed by atoms with E-state index in [-0.39, 0.29) is 12.5 Å². The van der Waals surface area contributed by atoms with Crippen molar-refractivity contribution < 1.29 is 9.53 Å². The highest BCUT2D eigenvalue weighted by molar-refractivity contribution is 7.80. The molecule has 0 amide bonds. The molecular formula is C11H14N2O2S. The van der Waals surface area contributed by atoms with Crippen molar-refractivity contribution in [1.29, 1.82) is 0 Å². The predicted molar refractivity (Wildman–Crippen MR) is 67.6 cm³/mol. The number of hydrogen-bond donors (Lipinski definition) is 2. The average Bonchev–Trinajstić information content (AvgIpc) is 2.25. The maximum absolute atomic E-state index is 10.9. The molecule has 0 fully saturated rings. The molecule has 0 saturated heterocycles. The standard InChI is InChI=1S/C11H14N2O2S/c1-7-5-8(13-6-10(14)15-2)3-4-9(7)11(12)16/h3-5,13H,6H2,1-2H3,(H2,12,16). The second kappa shape index (κ2) is 5.46. The van der Waals surface area contributed by atoms with Crippen LogP contribution in [0, 0.1) is 6.92 Å². The number of nitrogens with one attached hydrogen (secondary N) is 1. The summed E-state index contributed by atoms with van der Waals surface area (Å²) in [6, 6.07) is 5.54. The summed E-state index contributed by atoms with van der Waals surface area (Å²) in [5, 5.41) is 2.94. The highest BCUT2D eigenvalue weighted by Crippen LogP contribution is 2.14. The van der Waals surface area contributed by atoms with Gasteiger partial charge in [-0.15, -0.1) is 0 Å². The third-order valence-corrected chi connectivity index (χ3v) is 2.38. The van der Waals surface area contributed by atoms with Gasteiger partial charge < -0.3 is 15.8 Å². The zero-order valence-corrected chi connectivity index (χ0v) is 10.1. The quantitative estimate of drug-likeness (QED) is 0.610. The Balaban J connectivity index is 2.74. The van der Waals surface area contributed by atoms with E-state index >= 15 is 0 Å². The maximum atomic E-state index is 10.9. The molecule has 0 unspecified atom stereocenters. The minimum Gasteiger partial charge on any atom is -0.468 e. The SMILES string of the molecule is COC(=O)CNc1ccc(C(N)=S)c(C)c1. The second-order valence-electron chi connectivity index (χ2n) is 3.32. The van der Waals surface area contributed by atoms with Crippen molar-refractivity contribution in [3.63, 3.8) is 0 Å². The molecule has 0 aliphatic rings. The van der Waals surface area contributed by atoms with Crippen molar-refractivity contribution in [2.75, 3.05) is 19.0 Å². The number of anilines is 1. The van der Waals surface area contributed by atoms with Gasteiger partial charge in [0.05, 0.1) is 7.11 Å². The Bertz CT molecular complexity index is 418. The molecule has 0 spiro atoms. The van der Waals surface area contributed by atoms with Crippen molar-refractivity contribution in [3.8, 4) is 0 Å². The van der Waals surface area contributed by atoms with Gasteiger partial charge in [-0.05, 0) is 30.7 Å². The molecule has 0 aliphatic heterocycles. The van der Waals surface area contributed by atoms with Crippen LogP contribution in [0.3, 0.4) is 0 Å². The molecule has 0 saturated carbocycles. The molecule has 0 bridgehead atoms. The number of carbonyl (C=O) groups is 1. The first-order chi connectivity index (χ1) is 7.54. The highest BCUT2D eigenvalue weighted by Gasteiger charge is 2.04.